The summed E-state index contributed by atoms with van der Waals surface area (Å²) in [5.41, 5.74) is 6.93. The normalized spacial score (nSPS) is 17.4. The Bertz CT molecular complexity index is 456. The second kappa shape index (κ2) is 5.92. The lowest BCUT2D eigenvalue weighted by atomic mass is 10.1. The van der Waals surface area contributed by atoms with Crippen LogP contribution in [0.2, 0.25) is 0 Å². The van der Waals surface area contributed by atoms with E-state index in [0.717, 1.165) is 37.3 Å². The lowest BCUT2D eigenvalue weighted by Crippen LogP contribution is -2.43. The first-order valence-electron chi connectivity index (χ1n) is 6.49. The summed E-state index contributed by atoms with van der Waals surface area (Å²) in [6, 6.07) is 0.327. The van der Waals surface area contributed by atoms with E-state index in [2.05, 4.69) is 25.4 Å². The Morgan fingerprint density at radius 1 is 1.32 bits per heavy atom. The number of carbonyl (C=O) groups is 1. The van der Waals surface area contributed by atoms with Gasteiger partial charge in [-0.15, -0.1) is 5.10 Å². The smallest absolute Gasteiger partial charge is 0.243 e. The minimum atomic E-state index is -0.270. The van der Waals surface area contributed by atoms with Crippen LogP contribution in [-0.2, 0) is 4.79 Å². The molecule has 0 aromatic carbocycles. The van der Waals surface area contributed by atoms with Gasteiger partial charge in [-0.25, -0.2) is 4.98 Å². The van der Waals surface area contributed by atoms with Gasteiger partial charge in [0, 0.05) is 19.1 Å². The van der Waals surface area contributed by atoms with Crippen LogP contribution >= 0.6 is 0 Å². The zero-order chi connectivity index (χ0) is 13.8. The number of piperidine rings is 1. The molecule has 104 valence electrons. The van der Waals surface area contributed by atoms with Gasteiger partial charge in [0.15, 0.2) is 0 Å². The van der Waals surface area contributed by atoms with Crippen LogP contribution in [0.1, 0.15) is 24.2 Å². The number of aryl methyl sites for hydroxylation is 2. The maximum atomic E-state index is 10.8. The lowest BCUT2D eigenvalue weighted by molar-refractivity contribution is -0.119. The molecular formula is C12H20N6O. The number of anilines is 1. The number of aromatic nitrogens is 3. The Balaban J connectivity index is 1.85. The number of amides is 1. The number of carbonyl (C=O) groups excluding carboxylic acids is 1. The Kier molecular flexibility index (Phi) is 4.26. The summed E-state index contributed by atoms with van der Waals surface area (Å²) in [7, 11) is 0. The second-order valence-electron chi connectivity index (χ2n) is 4.97. The van der Waals surface area contributed by atoms with Crippen molar-refractivity contribution in [3.63, 3.8) is 0 Å². The van der Waals surface area contributed by atoms with Crippen molar-refractivity contribution in [1.82, 2.24) is 20.1 Å². The van der Waals surface area contributed by atoms with Crippen molar-refractivity contribution in [3.05, 3.63) is 11.4 Å². The van der Waals surface area contributed by atoms with Crippen LogP contribution in [0.15, 0.2) is 0 Å². The molecule has 0 radical (unpaired) electrons. The third-order valence-electron chi connectivity index (χ3n) is 3.39. The molecule has 0 saturated carbocycles. The predicted molar refractivity (Wildman–Crippen MR) is 71.6 cm³/mol. The van der Waals surface area contributed by atoms with Gasteiger partial charge in [-0.05, 0) is 26.7 Å². The molecule has 1 fully saturated rings. The van der Waals surface area contributed by atoms with E-state index >= 15 is 0 Å². The molecule has 2 heterocycles. The summed E-state index contributed by atoms with van der Waals surface area (Å²) >= 11 is 0. The fourth-order valence-electron chi connectivity index (χ4n) is 2.16. The number of rotatable bonds is 4. The van der Waals surface area contributed by atoms with Crippen LogP contribution in [0, 0.1) is 13.8 Å². The number of hydrogen-bond acceptors (Lipinski definition) is 6. The van der Waals surface area contributed by atoms with E-state index < -0.39 is 0 Å². The maximum Gasteiger partial charge on any atom is 0.243 e. The molecule has 7 heteroatoms. The summed E-state index contributed by atoms with van der Waals surface area (Å²) in [5.74, 6) is 0.310. The summed E-state index contributed by atoms with van der Waals surface area (Å²) in [6.45, 7) is 5.87. The van der Waals surface area contributed by atoms with Crippen molar-refractivity contribution < 1.29 is 4.79 Å². The number of primary amides is 1. The molecule has 0 atom stereocenters. The Morgan fingerprint density at radius 3 is 2.58 bits per heavy atom. The minimum Gasteiger partial charge on any atom is -0.369 e. The molecule has 1 aromatic rings. The molecule has 1 aliphatic rings. The van der Waals surface area contributed by atoms with Crippen molar-refractivity contribution in [2.24, 2.45) is 5.73 Å². The lowest BCUT2D eigenvalue weighted by Gasteiger charge is -2.31. The number of hydrogen-bond donors (Lipinski definition) is 2. The fraction of sp³-hybridized carbons (Fsp3) is 0.667. The van der Waals surface area contributed by atoms with Gasteiger partial charge in [0.2, 0.25) is 11.9 Å². The Hall–Kier alpha value is -1.76. The van der Waals surface area contributed by atoms with Crippen molar-refractivity contribution in [2.45, 2.75) is 32.7 Å². The number of nitrogens with one attached hydrogen (secondary N) is 1. The molecule has 0 unspecified atom stereocenters. The average Bonchev–Trinajstić information content (AvgIpc) is 2.36. The highest BCUT2D eigenvalue weighted by atomic mass is 16.1. The highest BCUT2D eigenvalue weighted by Gasteiger charge is 2.20. The molecule has 19 heavy (non-hydrogen) atoms. The maximum absolute atomic E-state index is 10.8. The molecule has 0 bridgehead atoms. The molecule has 0 spiro atoms. The fourth-order valence-corrected chi connectivity index (χ4v) is 2.16. The first-order chi connectivity index (χ1) is 9.04. The number of nitrogens with two attached hydrogens (primary N) is 1. The first-order valence-corrected chi connectivity index (χ1v) is 6.49. The van der Waals surface area contributed by atoms with Gasteiger partial charge in [-0.3, -0.25) is 9.69 Å². The number of likely N-dealkylation sites (tertiary alicyclic amines) is 1. The van der Waals surface area contributed by atoms with Gasteiger partial charge in [0.1, 0.15) is 0 Å². The van der Waals surface area contributed by atoms with Gasteiger partial charge in [-0.1, -0.05) is 0 Å². The quantitative estimate of drug-likeness (QED) is 0.785. The van der Waals surface area contributed by atoms with Crippen LogP contribution in [-0.4, -0.2) is 51.7 Å². The van der Waals surface area contributed by atoms with E-state index in [-0.39, 0.29) is 5.91 Å². The Labute approximate surface area is 112 Å². The van der Waals surface area contributed by atoms with Crippen LogP contribution in [0.3, 0.4) is 0 Å². The van der Waals surface area contributed by atoms with E-state index in [1.807, 2.05) is 13.8 Å². The minimum absolute atomic E-state index is 0.270. The predicted octanol–water partition coefficient (Wildman–Crippen LogP) is -0.150. The van der Waals surface area contributed by atoms with Gasteiger partial charge in [0.05, 0.1) is 17.9 Å². The molecule has 1 aliphatic heterocycles. The van der Waals surface area contributed by atoms with E-state index in [1.165, 1.54) is 0 Å². The highest BCUT2D eigenvalue weighted by Crippen LogP contribution is 2.14. The standard InChI is InChI=1S/C12H20N6O/c1-8-9(2)16-17-12(14-8)15-10-3-5-18(6-4-10)7-11(13)19/h10H,3-7H2,1-2H3,(H2,13,19)(H,14,15,17). The SMILES string of the molecule is Cc1nnc(NC2CCN(CC(N)=O)CC2)nc1C. The third-order valence-corrected chi connectivity index (χ3v) is 3.39. The molecule has 3 N–H and O–H groups in total. The third kappa shape index (κ3) is 3.85. The molecular weight excluding hydrogens is 244 g/mol. The average molecular weight is 264 g/mol. The van der Waals surface area contributed by atoms with E-state index in [4.69, 9.17) is 5.73 Å². The Morgan fingerprint density at radius 2 is 2.00 bits per heavy atom. The monoisotopic (exact) mass is 264 g/mol. The molecule has 7 nitrogen and oxygen atoms in total. The summed E-state index contributed by atoms with van der Waals surface area (Å²) in [5, 5.41) is 11.4. The van der Waals surface area contributed by atoms with E-state index in [0.29, 0.717) is 18.5 Å². The summed E-state index contributed by atoms with van der Waals surface area (Å²) < 4.78 is 0. The van der Waals surface area contributed by atoms with E-state index in [1.54, 1.807) is 0 Å². The summed E-state index contributed by atoms with van der Waals surface area (Å²) in [4.78, 5) is 17.3. The molecule has 2 rings (SSSR count). The van der Waals surface area contributed by atoms with E-state index in [9.17, 15) is 4.79 Å². The first kappa shape index (κ1) is 13.7. The largest absolute Gasteiger partial charge is 0.369 e. The van der Waals surface area contributed by atoms with Crippen molar-refractivity contribution >= 4 is 11.9 Å². The van der Waals surface area contributed by atoms with Crippen molar-refractivity contribution in [3.8, 4) is 0 Å². The molecule has 1 saturated heterocycles. The second-order valence-corrected chi connectivity index (χ2v) is 4.97. The molecule has 0 aliphatic carbocycles. The molecule has 1 aromatic heterocycles. The topological polar surface area (TPSA) is 97.0 Å². The van der Waals surface area contributed by atoms with Gasteiger partial charge < -0.3 is 11.1 Å². The van der Waals surface area contributed by atoms with Crippen LogP contribution in [0.25, 0.3) is 0 Å². The molecule has 1 amide bonds. The zero-order valence-corrected chi connectivity index (χ0v) is 11.4. The van der Waals surface area contributed by atoms with Gasteiger partial charge in [-0.2, -0.15) is 5.10 Å². The zero-order valence-electron chi connectivity index (χ0n) is 11.4. The van der Waals surface area contributed by atoms with Crippen LogP contribution in [0.4, 0.5) is 5.95 Å². The van der Waals surface area contributed by atoms with Crippen LogP contribution in [0.5, 0.6) is 0 Å². The van der Waals surface area contributed by atoms with Crippen molar-refractivity contribution in [1.29, 1.82) is 0 Å². The van der Waals surface area contributed by atoms with Gasteiger partial charge >= 0.3 is 0 Å². The van der Waals surface area contributed by atoms with Crippen LogP contribution < -0.4 is 11.1 Å². The number of nitrogens with zero attached hydrogens (tertiary/aromatic N) is 4. The van der Waals surface area contributed by atoms with Gasteiger partial charge in [0.25, 0.3) is 0 Å². The van der Waals surface area contributed by atoms with Crippen molar-refractivity contribution in [2.75, 3.05) is 25.0 Å². The highest BCUT2D eigenvalue weighted by molar-refractivity contribution is 5.75. The summed E-state index contributed by atoms with van der Waals surface area (Å²) in [6.07, 6.45) is 1.90.